The number of aromatic hydroxyl groups is 1. The molecule has 0 spiro atoms. The molecule has 0 radical (unpaired) electrons. The molecule has 1 aromatic heterocycles. The predicted octanol–water partition coefficient (Wildman–Crippen LogP) is 5.49. The molecule has 0 aliphatic rings. The van der Waals surface area contributed by atoms with Gasteiger partial charge in [0.25, 0.3) is 5.91 Å². The van der Waals surface area contributed by atoms with Gasteiger partial charge in [0.15, 0.2) is 11.6 Å². The van der Waals surface area contributed by atoms with Gasteiger partial charge < -0.3 is 10.2 Å². The number of rotatable bonds is 5. The lowest BCUT2D eigenvalue weighted by Crippen LogP contribution is -2.21. The first kappa shape index (κ1) is 21.8. The maximum atomic E-state index is 14.2. The van der Waals surface area contributed by atoms with E-state index in [9.17, 15) is 28.6 Å². The molecular formula is C22H20ClF2NO4. The number of aliphatic carboxylic acids is 1. The number of carbonyl (C=O) groups is 2. The number of carboxylic acids is 1. The van der Waals surface area contributed by atoms with E-state index in [-0.39, 0.29) is 33.1 Å². The molecule has 2 aromatic carbocycles. The highest BCUT2D eigenvalue weighted by Gasteiger charge is 2.33. The average Bonchev–Trinajstić information content (AvgIpc) is 2.95. The van der Waals surface area contributed by atoms with E-state index in [1.807, 2.05) is 6.92 Å². The van der Waals surface area contributed by atoms with Gasteiger partial charge in [-0.1, -0.05) is 31.9 Å². The van der Waals surface area contributed by atoms with E-state index in [1.165, 1.54) is 12.1 Å². The molecule has 158 valence electrons. The van der Waals surface area contributed by atoms with Crippen LogP contribution in [0.5, 0.6) is 5.75 Å². The zero-order valence-electron chi connectivity index (χ0n) is 16.5. The van der Waals surface area contributed by atoms with Gasteiger partial charge in [-0.25, -0.2) is 8.78 Å². The van der Waals surface area contributed by atoms with Crippen LogP contribution < -0.4 is 0 Å². The van der Waals surface area contributed by atoms with E-state index in [0.29, 0.717) is 12.0 Å². The maximum absolute atomic E-state index is 14.2. The molecular weight excluding hydrogens is 416 g/mol. The summed E-state index contributed by atoms with van der Waals surface area (Å²) in [5, 5.41) is 19.9. The molecule has 0 fully saturated rings. The van der Waals surface area contributed by atoms with Crippen LogP contribution >= 0.6 is 11.6 Å². The van der Waals surface area contributed by atoms with Crippen LogP contribution in [0.25, 0.3) is 10.9 Å². The van der Waals surface area contributed by atoms with Crippen LogP contribution in [0.4, 0.5) is 8.78 Å². The number of halogens is 3. The Labute approximate surface area is 176 Å². The van der Waals surface area contributed by atoms with Crippen molar-refractivity contribution in [3.63, 3.8) is 0 Å². The van der Waals surface area contributed by atoms with E-state index in [0.717, 1.165) is 22.8 Å². The summed E-state index contributed by atoms with van der Waals surface area (Å²) in [6.07, 6.45) is 0.548. The third-order valence-electron chi connectivity index (χ3n) is 5.48. The Hall–Kier alpha value is -2.93. The Morgan fingerprint density at radius 2 is 1.83 bits per heavy atom. The standard InChI is InChI=1S/C22H20ClF2NO4/c1-4-10(2)19(22(29)30)20-11(3)26(17-9-16(25)18(27)8-13(17)20)21(28)12-5-6-14(23)15(24)7-12/h5-10,19,27H,4H2,1-3H3,(H,29,30)/t10-,19?/m1/s1. The van der Waals surface area contributed by atoms with Gasteiger partial charge in [-0.15, -0.1) is 0 Å². The first-order valence-electron chi connectivity index (χ1n) is 9.34. The molecule has 2 N–H and O–H groups in total. The van der Waals surface area contributed by atoms with Crippen LogP contribution in [0.15, 0.2) is 30.3 Å². The van der Waals surface area contributed by atoms with Crippen LogP contribution in [0.2, 0.25) is 5.02 Å². The molecule has 0 aliphatic carbocycles. The predicted molar refractivity (Wildman–Crippen MR) is 109 cm³/mol. The number of fused-ring (bicyclic) bond motifs is 1. The van der Waals surface area contributed by atoms with Gasteiger partial charge in [-0.3, -0.25) is 14.2 Å². The largest absolute Gasteiger partial charge is 0.505 e. The molecule has 1 heterocycles. The van der Waals surface area contributed by atoms with E-state index in [1.54, 1.807) is 13.8 Å². The molecule has 5 nitrogen and oxygen atoms in total. The van der Waals surface area contributed by atoms with E-state index < -0.39 is 35.2 Å². The molecule has 0 saturated carbocycles. The smallest absolute Gasteiger partial charge is 0.311 e. The van der Waals surface area contributed by atoms with Gasteiger partial charge in [-0.2, -0.15) is 0 Å². The van der Waals surface area contributed by atoms with Gasteiger partial charge in [0, 0.05) is 22.7 Å². The number of benzene rings is 2. The topological polar surface area (TPSA) is 79.5 Å². The van der Waals surface area contributed by atoms with Crippen LogP contribution in [0.1, 0.15) is 47.8 Å². The van der Waals surface area contributed by atoms with Gasteiger partial charge >= 0.3 is 5.97 Å². The van der Waals surface area contributed by atoms with Crippen molar-refractivity contribution in [1.29, 1.82) is 0 Å². The number of phenolic OH excluding ortho intramolecular Hbond substituents is 1. The first-order valence-corrected chi connectivity index (χ1v) is 9.72. The Bertz CT molecular complexity index is 1170. The quantitative estimate of drug-likeness (QED) is 0.555. The summed E-state index contributed by atoms with van der Waals surface area (Å²) in [7, 11) is 0. The molecule has 0 bridgehead atoms. The first-order chi connectivity index (χ1) is 14.1. The fourth-order valence-electron chi connectivity index (χ4n) is 3.75. The molecule has 0 amide bonds. The zero-order valence-corrected chi connectivity index (χ0v) is 17.3. The van der Waals surface area contributed by atoms with Crippen molar-refractivity contribution in [3.8, 4) is 5.75 Å². The lowest BCUT2D eigenvalue weighted by molar-refractivity contribution is -0.140. The number of hydrogen-bond donors (Lipinski definition) is 2. The number of carboxylic acid groups (broad SMARTS) is 1. The third-order valence-corrected chi connectivity index (χ3v) is 5.79. The zero-order chi connectivity index (χ0) is 22.3. The van der Waals surface area contributed by atoms with Crippen molar-refractivity contribution in [2.45, 2.75) is 33.1 Å². The van der Waals surface area contributed by atoms with Crippen molar-refractivity contribution in [3.05, 3.63) is 63.8 Å². The normalized spacial score (nSPS) is 13.4. The molecule has 3 aromatic rings. The molecule has 8 heteroatoms. The fraction of sp³-hybridized carbons (Fsp3) is 0.273. The second kappa shape index (κ2) is 8.07. The summed E-state index contributed by atoms with van der Waals surface area (Å²) in [6.45, 7) is 5.15. The third kappa shape index (κ3) is 3.54. The molecule has 0 aliphatic heterocycles. The highest BCUT2D eigenvalue weighted by atomic mass is 35.5. The minimum atomic E-state index is -1.10. The van der Waals surface area contributed by atoms with Crippen molar-refractivity contribution in [1.82, 2.24) is 4.57 Å². The Morgan fingerprint density at radius 3 is 2.40 bits per heavy atom. The van der Waals surface area contributed by atoms with Crippen molar-refractivity contribution in [2.24, 2.45) is 5.92 Å². The second-order valence-corrected chi connectivity index (χ2v) is 7.70. The lowest BCUT2D eigenvalue weighted by Gasteiger charge is -2.20. The summed E-state index contributed by atoms with van der Waals surface area (Å²) < 4.78 is 29.2. The number of nitrogens with zero attached hydrogens (tertiary/aromatic N) is 1. The minimum Gasteiger partial charge on any atom is -0.505 e. The highest BCUT2D eigenvalue weighted by molar-refractivity contribution is 6.30. The van der Waals surface area contributed by atoms with E-state index >= 15 is 0 Å². The summed E-state index contributed by atoms with van der Waals surface area (Å²) in [6, 6.07) is 5.63. The number of hydrogen-bond acceptors (Lipinski definition) is 3. The Balaban J connectivity index is 2.36. The monoisotopic (exact) mass is 435 g/mol. The van der Waals surface area contributed by atoms with Gasteiger partial charge in [0.05, 0.1) is 16.5 Å². The van der Waals surface area contributed by atoms with Crippen LogP contribution in [-0.4, -0.2) is 26.7 Å². The fourth-order valence-corrected chi connectivity index (χ4v) is 3.87. The van der Waals surface area contributed by atoms with Crippen LogP contribution in [0, 0.1) is 24.5 Å². The van der Waals surface area contributed by atoms with E-state index in [2.05, 4.69) is 0 Å². The Morgan fingerprint density at radius 1 is 1.17 bits per heavy atom. The number of phenols is 1. The average molecular weight is 436 g/mol. The SMILES string of the molecule is CC[C@@H](C)C(C(=O)O)c1c(C)n(C(=O)c2ccc(Cl)c(F)c2)c2cc(F)c(O)cc12. The molecule has 2 atom stereocenters. The highest BCUT2D eigenvalue weighted by Crippen LogP contribution is 2.39. The molecule has 3 rings (SSSR count). The van der Waals surface area contributed by atoms with E-state index in [4.69, 9.17) is 11.6 Å². The second-order valence-electron chi connectivity index (χ2n) is 7.29. The van der Waals surface area contributed by atoms with Gasteiger partial charge in [0.1, 0.15) is 5.82 Å². The summed E-state index contributed by atoms with van der Waals surface area (Å²) in [5.41, 5.74) is 0.646. The molecule has 1 unspecified atom stereocenters. The minimum absolute atomic E-state index is 0.0349. The van der Waals surface area contributed by atoms with Gasteiger partial charge in [0.2, 0.25) is 0 Å². The van der Waals surface area contributed by atoms with Crippen molar-refractivity contribution >= 4 is 34.4 Å². The number of aromatic nitrogens is 1. The lowest BCUT2D eigenvalue weighted by atomic mass is 9.84. The van der Waals surface area contributed by atoms with Gasteiger partial charge in [-0.05, 0) is 42.7 Å². The summed E-state index contributed by atoms with van der Waals surface area (Å²) in [4.78, 5) is 25.3. The summed E-state index contributed by atoms with van der Waals surface area (Å²) in [5.74, 6) is -5.45. The van der Waals surface area contributed by atoms with Crippen molar-refractivity contribution < 1.29 is 28.6 Å². The summed E-state index contributed by atoms with van der Waals surface area (Å²) >= 11 is 5.69. The molecule has 30 heavy (non-hydrogen) atoms. The Kier molecular flexibility index (Phi) is 5.85. The van der Waals surface area contributed by atoms with Crippen LogP contribution in [0.3, 0.4) is 0 Å². The molecule has 0 saturated heterocycles. The van der Waals surface area contributed by atoms with Crippen LogP contribution in [-0.2, 0) is 4.79 Å². The number of carbonyl (C=O) groups excluding carboxylic acids is 1. The maximum Gasteiger partial charge on any atom is 0.311 e. The van der Waals surface area contributed by atoms with Crippen molar-refractivity contribution in [2.75, 3.05) is 0 Å².